The molecule has 0 saturated carbocycles. The van der Waals surface area contributed by atoms with Crippen LogP contribution in [-0.2, 0) is 4.74 Å². The Morgan fingerprint density at radius 1 is 1.26 bits per heavy atom. The highest BCUT2D eigenvalue weighted by molar-refractivity contribution is 5.80. The van der Waals surface area contributed by atoms with Crippen molar-refractivity contribution in [3.8, 4) is 0 Å². The molecule has 0 amide bonds. The van der Waals surface area contributed by atoms with E-state index in [0.29, 0.717) is 43.0 Å². The van der Waals surface area contributed by atoms with Gasteiger partial charge in [0.15, 0.2) is 5.69 Å². The lowest BCUT2D eigenvalue weighted by Gasteiger charge is -2.35. The van der Waals surface area contributed by atoms with Crippen molar-refractivity contribution in [2.45, 2.75) is 32.6 Å². The largest absolute Gasteiger partial charge is 0.608 e. The SMILES string of the molecule is CCC(CC)c1ncc2c(=O)[nH]c3ccc([NH+]([O-])N4CCOCC4)cc3n12. The van der Waals surface area contributed by atoms with Crippen LogP contribution in [0.4, 0.5) is 5.69 Å². The Morgan fingerprint density at radius 2 is 2.00 bits per heavy atom. The third kappa shape index (κ3) is 3.14. The van der Waals surface area contributed by atoms with Gasteiger partial charge in [-0.1, -0.05) is 13.8 Å². The number of nitrogens with zero attached hydrogens (tertiary/aromatic N) is 3. The Kier molecular flexibility index (Phi) is 4.96. The first-order chi connectivity index (χ1) is 13.1. The van der Waals surface area contributed by atoms with E-state index in [1.165, 1.54) is 0 Å². The average molecular weight is 371 g/mol. The standard InChI is InChI=1S/C19H25N5O3/c1-3-13(4-2)18-20-12-17-19(25)21-15-6-5-14(11-16(15)23(17)18)24(26)22-7-9-27-10-8-22/h5-6,11-13,24H,3-4,7-10H2,1-2H3,(H,21,25). The summed E-state index contributed by atoms with van der Waals surface area (Å²) in [5.74, 6) is 1.14. The molecule has 8 nitrogen and oxygen atoms in total. The molecule has 4 rings (SSSR count). The molecule has 0 bridgehead atoms. The molecule has 1 aliphatic heterocycles. The number of hydrogen-bond donors (Lipinski definition) is 2. The summed E-state index contributed by atoms with van der Waals surface area (Å²) in [6.07, 6.45) is 3.51. The van der Waals surface area contributed by atoms with Crippen LogP contribution in [0.1, 0.15) is 38.4 Å². The van der Waals surface area contributed by atoms with Crippen LogP contribution in [0, 0.1) is 5.21 Å². The first-order valence-electron chi connectivity index (χ1n) is 9.54. The maximum Gasteiger partial charge on any atom is 0.274 e. The van der Waals surface area contributed by atoms with Crippen molar-refractivity contribution in [3.05, 3.63) is 45.8 Å². The fraction of sp³-hybridized carbons (Fsp3) is 0.474. The summed E-state index contributed by atoms with van der Waals surface area (Å²) in [6, 6.07) is 5.44. The van der Waals surface area contributed by atoms with E-state index in [9.17, 15) is 10.0 Å². The Hall–Kier alpha value is -2.26. The first kappa shape index (κ1) is 18.1. The number of morpholine rings is 1. The molecule has 1 unspecified atom stereocenters. The molecule has 2 N–H and O–H groups in total. The van der Waals surface area contributed by atoms with Crippen LogP contribution in [0.5, 0.6) is 0 Å². The van der Waals surface area contributed by atoms with Gasteiger partial charge in [0.05, 0.1) is 43.5 Å². The van der Waals surface area contributed by atoms with E-state index in [2.05, 4.69) is 23.8 Å². The average Bonchev–Trinajstić information content (AvgIpc) is 3.15. The van der Waals surface area contributed by atoms with Crippen molar-refractivity contribution in [2.24, 2.45) is 0 Å². The van der Waals surface area contributed by atoms with Crippen LogP contribution >= 0.6 is 0 Å². The van der Waals surface area contributed by atoms with Gasteiger partial charge in [-0.3, -0.25) is 14.4 Å². The van der Waals surface area contributed by atoms with Crippen molar-refractivity contribution >= 4 is 22.2 Å². The summed E-state index contributed by atoms with van der Waals surface area (Å²) < 4.78 is 7.26. The molecule has 0 aliphatic carbocycles. The number of H-pyrrole nitrogens is 1. The van der Waals surface area contributed by atoms with Crippen molar-refractivity contribution in [1.82, 2.24) is 19.4 Å². The summed E-state index contributed by atoms with van der Waals surface area (Å²) in [4.78, 5) is 19.9. The molecule has 2 aromatic heterocycles. The van der Waals surface area contributed by atoms with Gasteiger partial charge in [-0.2, -0.15) is 0 Å². The number of quaternary nitrogens is 1. The maximum absolute atomic E-state index is 12.9. The van der Waals surface area contributed by atoms with Gasteiger partial charge in [0.25, 0.3) is 5.56 Å². The van der Waals surface area contributed by atoms with E-state index in [0.717, 1.165) is 24.2 Å². The van der Waals surface area contributed by atoms with Gasteiger partial charge < -0.3 is 14.9 Å². The number of aromatic nitrogens is 3. The molecule has 8 heteroatoms. The minimum atomic E-state index is -0.167. The molecule has 1 saturated heterocycles. The molecular weight excluding hydrogens is 346 g/mol. The highest BCUT2D eigenvalue weighted by Crippen LogP contribution is 2.25. The first-order valence-corrected chi connectivity index (χ1v) is 9.54. The van der Waals surface area contributed by atoms with Gasteiger partial charge in [0.1, 0.15) is 11.3 Å². The summed E-state index contributed by atoms with van der Waals surface area (Å²) >= 11 is 0. The van der Waals surface area contributed by atoms with E-state index >= 15 is 0 Å². The van der Waals surface area contributed by atoms with Crippen LogP contribution < -0.4 is 10.7 Å². The molecule has 27 heavy (non-hydrogen) atoms. The number of hydrogen-bond acceptors (Lipinski definition) is 5. The third-order valence-corrected chi connectivity index (χ3v) is 5.40. The molecule has 144 valence electrons. The van der Waals surface area contributed by atoms with Gasteiger partial charge in [-0.15, -0.1) is 5.01 Å². The highest BCUT2D eigenvalue weighted by atomic mass is 16.6. The highest BCUT2D eigenvalue weighted by Gasteiger charge is 2.21. The predicted molar refractivity (Wildman–Crippen MR) is 103 cm³/mol. The van der Waals surface area contributed by atoms with E-state index in [1.54, 1.807) is 18.3 Å². The fourth-order valence-corrected chi connectivity index (χ4v) is 3.81. The van der Waals surface area contributed by atoms with Crippen molar-refractivity contribution in [3.63, 3.8) is 0 Å². The quantitative estimate of drug-likeness (QED) is 0.661. The molecule has 1 aliphatic rings. The summed E-state index contributed by atoms with van der Waals surface area (Å²) in [5, 5.41) is 14.7. The number of aromatic amines is 1. The van der Waals surface area contributed by atoms with Gasteiger partial charge in [0, 0.05) is 18.1 Å². The number of nitrogens with one attached hydrogen (secondary N) is 2. The predicted octanol–water partition coefficient (Wildman–Crippen LogP) is 1.34. The zero-order valence-electron chi connectivity index (χ0n) is 15.7. The van der Waals surface area contributed by atoms with Crippen LogP contribution in [0.25, 0.3) is 16.6 Å². The van der Waals surface area contributed by atoms with Gasteiger partial charge >= 0.3 is 0 Å². The molecule has 1 fully saturated rings. The fourth-order valence-electron chi connectivity index (χ4n) is 3.81. The lowest BCUT2D eigenvalue weighted by atomic mass is 10.0. The Labute approximate surface area is 156 Å². The second kappa shape index (κ2) is 7.40. The lowest BCUT2D eigenvalue weighted by molar-refractivity contribution is -0.914. The maximum atomic E-state index is 12.9. The topological polar surface area (TPSA) is 90.1 Å². The zero-order valence-corrected chi connectivity index (χ0v) is 15.7. The molecule has 0 radical (unpaired) electrons. The van der Waals surface area contributed by atoms with E-state index in [-0.39, 0.29) is 16.6 Å². The summed E-state index contributed by atoms with van der Waals surface area (Å²) in [5.41, 5.74) is 2.47. The van der Waals surface area contributed by atoms with Gasteiger partial charge in [0.2, 0.25) is 0 Å². The zero-order chi connectivity index (χ0) is 19.0. The summed E-state index contributed by atoms with van der Waals surface area (Å²) in [7, 11) is 0. The van der Waals surface area contributed by atoms with E-state index in [4.69, 9.17) is 4.74 Å². The number of imidazole rings is 1. The van der Waals surface area contributed by atoms with Crippen LogP contribution in [0.3, 0.4) is 0 Å². The second-order valence-electron chi connectivity index (χ2n) is 6.94. The Balaban J connectivity index is 1.88. The number of ether oxygens (including phenoxy) is 1. The van der Waals surface area contributed by atoms with Gasteiger partial charge in [-0.05, 0) is 18.9 Å². The van der Waals surface area contributed by atoms with Crippen LogP contribution in [-0.4, -0.2) is 45.7 Å². The lowest BCUT2D eigenvalue weighted by Crippen LogP contribution is -3.10. The normalized spacial score (nSPS) is 17.2. The summed E-state index contributed by atoms with van der Waals surface area (Å²) in [6.45, 7) is 6.58. The third-order valence-electron chi connectivity index (χ3n) is 5.40. The smallest absolute Gasteiger partial charge is 0.274 e. The van der Waals surface area contributed by atoms with Gasteiger partial charge in [-0.25, -0.2) is 4.98 Å². The van der Waals surface area contributed by atoms with Crippen LogP contribution in [0.2, 0.25) is 0 Å². The minimum Gasteiger partial charge on any atom is -0.608 e. The Morgan fingerprint density at radius 3 is 2.70 bits per heavy atom. The number of fused-ring (bicyclic) bond motifs is 3. The molecule has 0 spiro atoms. The molecular formula is C19H25N5O3. The molecule has 3 heterocycles. The van der Waals surface area contributed by atoms with E-state index in [1.807, 2.05) is 15.5 Å². The molecule has 3 aromatic rings. The number of rotatable bonds is 5. The molecule has 1 aromatic carbocycles. The van der Waals surface area contributed by atoms with Crippen molar-refractivity contribution < 1.29 is 9.91 Å². The van der Waals surface area contributed by atoms with Crippen LogP contribution in [0.15, 0.2) is 29.2 Å². The Bertz CT molecular complexity index is 1000. The molecule has 1 atom stereocenters. The van der Waals surface area contributed by atoms with Crippen molar-refractivity contribution in [2.75, 3.05) is 26.3 Å². The second-order valence-corrected chi connectivity index (χ2v) is 6.94. The monoisotopic (exact) mass is 371 g/mol. The van der Waals surface area contributed by atoms with E-state index < -0.39 is 0 Å². The van der Waals surface area contributed by atoms with Crippen molar-refractivity contribution in [1.29, 1.82) is 0 Å². The number of benzene rings is 1. The minimum absolute atomic E-state index is 0.0104.